The third-order valence-electron chi connectivity index (χ3n) is 4.94. The molecule has 0 N–H and O–H groups in total. The van der Waals surface area contributed by atoms with E-state index in [1.807, 2.05) is 0 Å². The quantitative estimate of drug-likeness (QED) is 0.790. The predicted octanol–water partition coefficient (Wildman–Crippen LogP) is 0.658. The molecule has 0 bridgehead atoms. The first kappa shape index (κ1) is 16.5. The van der Waals surface area contributed by atoms with Crippen LogP contribution in [-0.4, -0.2) is 40.7 Å². The zero-order valence-electron chi connectivity index (χ0n) is 14.2. The molecule has 0 saturated carbocycles. The summed E-state index contributed by atoms with van der Waals surface area (Å²) in [7, 11) is -3.60. The first-order valence-corrected chi connectivity index (χ1v) is 9.83. The minimum atomic E-state index is -3.60. The lowest BCUT2D eigenvalue weighted by Crippen LogP contribution is -2.52. The average molecular weight is 364 g/mol. The van der Waals surface area contributed by atoms with Crippen molar-refractivity contribution in [3.8, 4) is 0 Å². The maximum absolute atomic E-state index is 12.7. The Balaban J connectivity index is 1.47. The van der Waals surface area contributed by atoms with Crippen molar-refractivity contribution < 1.29 is 12.9 Å². The molecule has 1 aliphatic carbocycles. The van der Waals surface area contributed by atoms with Crippen molar-refractivity contribution in [1.82, 2.24) is 19.2 Å². The van der Waals surface area contributed by atoms with E-state index in [-0.39, 0.29) is 16.4 Å². The van der Waals surface area contributed by atoms with Crippen molar-refractivity contribution in [2.45, 2.75) is 44.6 Å². The molecule has 0 aromatic carbocycles. The van der Waals surface area contributed by atoms with Gasteiger partial charge in [0.1, 0.15) is 10.6 Å². The summed E-state index contributed by atoms with van der Waals surface area (Å²) in [5.41, 5.74) is 2.32. The van der Waals surface area contributed by atoms with Gasteiger partial charge in [-0.05, 0) is 38.7 Å². The molecule has 2 aliphatic rings. The van der Waals surface area contributed by atoms with E-state index in [1.165, 1.54) is 8.99 Å². The fraction of sp³-hybridized carbons (Fsp3) is 0.562. The molecule has 134 valence electrons. The summed E-state index contributed by atoms with van der Waals surface area (Å²) < 4.78 is 33.2. The van der Waals surface area contributed by atoms with Gasteiger partial charge in [0.15, 0.2) is 5.76 Å². The summed E-state index contributed by atoms with van der Waals surface area (Å²) in [6.07, 6.45) is 2.87. The number of aryl methyl sites for hydroxylation is 4. The normalized spacial score (nSPS) is 18.3. The van der Waals surface area contributed by atoms with Gasteiger partial charge in [0.05, 0.1) is 12.2 Å². The van der Waals surface area contributed by atoms with Crippen LogP contribution in [0.3, 0.4) is 0 Å². The molecule has 25 heavy (non-hydrogen) atoms. The molecule has 1 saturated heterocycles. The Morgan fingerprint density at radius 3 is 2.72 bits per heavy atom. The number of nitrogens with zero attached hydrogens (tertiary/aromatic N) is 4. The fourth-order valence-corrected chi connectivity index (χ4v) is 5.50. The molecular formula is C16H20N4O4S. The Morgan fingerprint density at radius 2 is 2.04 bits per heavy atom. The number of aromatic nitrogens is 3. The highest BCUT2D eigenvalue weighted by Gasteiger charge is 2.40. The van der Waals surface area contributed by atoms with Crippen molar-refractivity contribution in [2.75, 3.05) is 13.1 Å². The van der Waals surface area contributed by atoms with Gasteiger partial charge in [-0.1, -0.05) is 5.16 Å². The Kier molecular flexibility index (Phi) is 3.80. The molecule has 0 spiro atoms. The van der Waals surface area contributed by atoms with E-state index >= 15 is 0 Å². The Hall–Kier alpha value is -2.00. The van der Waals surface area contributed by atoms with Crippen LogP contribution in [0.5, 0.6) is 0 Å². The molecule has 4 rings (SSSR count). The zero-order valence-corrected chi connectivity index (χ0v) is 15.0. The van der Waals surface area contributed by atoms with Crippen molar-refractivity contribution in [3.05, 3.63) is 39.1 Å². The smallest absolute Gasteiger partial charge is 0.267 e. The highest BCUT2D eigenvalue weighted by molar-refractivity contribution is 7.89. The van der Waals surface area contributed by atoms with E-state index in [0.29, 0.717) is 31.1 Å². The van der Waals surface area contributed by atoms with Crippen LogP contribution in [0.1, 0.15) is 29.1 Å². The summed E-state index contributed by atoms with van der Waals surface area (Å²) in [6.45, 7) is 4.40. The number of fused-ring (bicyclic) bond motifs is 1. The maximum Gasteiger partial charge on any atom is 0.267 e. The monoisotopic (exact) mass is 364 g/mol. The van der Waals surface area contributed by atoms with Gasteiger partial charge in [-0.15, -0.1) is 0 Å². The topological polar surface area (TPSA) is 98.3 Å². The summed E-state index contributed by atoms with van der Waals surface area (Å²) >= 11 is 0. The van der Waals surface area contributed by atoms with Gasteiger partial charge in [0, 0.05) is 25.1 Å². The largest absolute Gasteiger partial charge is 0.360 e. The molecule has 1 aliphatic heterocycles. The van der Waals surface area contributed by atoms with Gasteiger partial charge in [0.25, 0.3) is 5.56 Å². The molecule has 9 heteroatoms. The van der Waals surface area contributed by atoms with Crippen LogP contribution >= 0.6 is 0 Å². The van der Waals surface area contributed by atoms with Crippen LogP contribution < -0.4 is 5.56 Å². The number of sulfonamides is 1. The van der Waals surface area contributed by atoms with Gasteiger partial charge in [-0.25, -0.2) is 13.1 Å². The molecule has 2 aromatic rings. The third kappa shape index (κ3) is 2.71. The predicted molar refractivity (Wildman–Crippen MR) is 88.7 cm³/mol. The molecule has 2 aromatic heterocycles. The van der Waals surface area contributed by atoms with E-state index in [4.69, 9.17) is 4.52 Å². The first-order chi connectivity index (χ1) is 11.9. The molecule has 0 atom stereocenters. The van der Waals surface area contributed by atoms with Crippen molar-refractivity contribution in [3.63, 3.8) is 0 Å². The van der Waals surface area contributed by atoms with E-state index in [1.54, 1.807) is 19.9 Å². The highest BCUT2D eigenvalue weighted by Crippen LogP contribution is 2.29. The molecule has 3 heterocycles. The summed E-state index contributed by atoms with van der Waals surface area (Å²) in [4.78, 5) is 12.3. The van der Waals surface area contributed by atoms with Gasteiger partial charge in [-0.3, -0.25) is 4.79 Å². The van der Waals surface area contributed by atoms with Crippen LogP contribution in [-0.2, 0) is 29.4 Å². The Labute approximate surface area is 145 Å². The molecule has 8 nitrogen and oxygen atoms in total. The number of hydrogen-bond donors (Lipinski definition) is 0. The van der Waals surface area contributed by atoms with Crippen LogP contribution in [0, 0.1) is 19.8 Å². The van der Waals surface area contributed by atoms with E-state index in [9.17, 15) is 13.2 Å². The van der Waals surface area contributed by atoms with E-state index in [2.05, 4.69) is 10.3 Å². The van der Waals surface area contributed by atoms with E-state index in [0.717, 1.165) is 30.5 Å². The van der Waals surface area contributed by atoms with Crippen LogP contribution in [0.25, 0.3) is 0 Å². The molecular weight excluding hydrogens is 344 g/mol. The Bertz CT molecular complexity index is 967. The lowest BCUT2D eigenvalue weighted by Gasteiger charge is -2.37. The van der Waals surface area contributed by atoms with Crippen LogP contribution in [0.2, 0.25) is 0 Å². The molecule has 0 unspecified atom stereocenters. The minimum Gasteiger partial charge on any atom is -0.360 e. The van der Waals surface area contributed by atoms with Gasteiger partial charge >= 0.3 is 0 Å². The second-order valence-electron chi connectivity index (χ2n) is 6.83. The van der Waals surface area contributed by atoms with Crippen molar-refractivity contribution in [2.24, 2.45) is 5.92 Å². The van der Waals surface area contributed by atoms with E-state index < -0.39 is 10.0 Å². The second kappa shape index (κ2) is 5.77. The summed E-state index contributed by atoms with van der Waals surface area (Å²) in [6, 6.07) is 1.67. The number of rotatable bonds is 4. The summed E-state index contributed by atoms with van der Waals surface area (Å²) in [5, 5.41) is 8.17. The van der Waals surface area contributed by atoms with Gasteiger partial charge < -0.3 is 4.52 Å². The first-order valence-electron chi connectivity index (χ1n) is 8.39. The highest BCUT2D eigenvalue weighted by atomic mass is 32.2. The van der Waals surface area contributed by atoms with Crippen LogP contribution in [0.15, 0.2) is 20.3 Å². The third-order valence-corrected chi connectivity index (χ3v) is 7.02. The van der Waals surface area contributed by atoms with Gasteiger partial charge in [-0.2, -0.15) is 9.40 Å². The van der Waals surface area contributed by atoms with Crippen molar-refractivity contribution >= 4 is 10.0 Å². The zero-order chi connectivity index (χ0) is 17.8. The van der Waals surface area contributed by atoms with Gasteiger partial charge in [0.2, 0.25) is 10.0 Å². The molecule has 1 fully saturated rings. The average Bonchev–Trinajstić information content (AvgIpc) is 3.08. The number of hydrogen-bond acceptors (Lipinski definition) is 6. The maximum atomic E-state index is 12.7. The second-order valence-corrected chi connectivity index (χ2v) is 8.71. The molecule has 0 radical (unpaired) electrons. The fourth-order valence-electron chi connectivity index (χ4n) is 3.62. The summed E-state index contributed by atoms with van der Waals surface area (Å²) in [5.74, 6) is 0.386. The SMILES string of the molecule is Cc1noc(C)c1S(=O)(=O)N1CC(Cn2nc3c(cc2=O)CCC3)C1. The lowest BCUT2D eigenvalue weighted by molar-refractivity contribution is 0.172. The van der Waals surface area contributed by atoms with Crippen molar-refractivity contribution in [1.29, 1.82) is 0 Å². The lowest BCUT2D eigenvalue weighted by atomic mass is 10.0. The molecule has 0 amide bonds. The minimum absolute atomic E-state index is 0.0832. The Morgan fingerprint density at radius 1 is 1.28 bits per heavy atom. The van der Waals surface area contributed by atoms with Crippen LogP contribution in [0.4, 0.5) is 0 Å². The standard InChI is InChI=1S/C16H20N4O4S/c1-10-16(11(2)24-18-10)25(22,23)19-7-12(8-19)9-20-15(21)6-13-4-3-5-14(13)17-20/h6,12H,3-5,7-9H2,1-2H3.